The summed E-state index contributed by atoms with van der Waals surface area (Å²) in [6, 6.07) is 10.6. The molecule has 3 atom stereocenters. The number of carbonyl (C=O) groups excluding carboxylic acids is 2. The molecule has 0 spiro atoms. The summed E-state index contributed by atoms with van der Waals surface area (Å²) in [7, 11) is -7.85. The van der Waals surface area contributed by atoms with Crippen LogP contribution >= 0.6 is 11.6 Å². The SMILES string of the molecule is CC(C)CN(CC(O)C(Cc1ccccc1)NC(=O)C(CS(C)(=O)=O)NC(=O)CCl)S(=O)(=O)c1ccc2c(c1)OCO2. The lowest BCUT2D eigenvalue weighted by atomic mass is 10.0. The Labute approximate surface area is 251 Å². The molecular weight excluding hydrogens is 610 g/mol. The van der Waals surface area contributed by atoms with Gasteiger partial charge in [-0.15, -0.1) is 11.6 Å². The molecule has 0 radical (unpaired) electrons. The average molecular weight is 646 g/mol. The molecule has 0 saturated heterocycles. The average Bonchev–Trinajstić information content (AvgIpc) is 3.39. The molecule has 0 fully saturated rings. The fourth-order valence-corrected chi connectivity index (χ4v) is 6.91. The van der Waals surface area contributed by atoms with Crippen LogP contribution in [-0.2, 0) is 35.9 Å². The van der Waals surface area contributed by atoms with Gasteiger partial charge in [-0.05, 0) is 30.0 Å². The second-order valence-electron chi connectivity index (χ2n) is 10.4. The van der Waals surface area contributed by atoms with Crippen molar-refractivity contribution in [2.24, 2.45) is 5.92 Å². The molecule has 12 nitrogen and oxygen atoms in total. The number of amides is 2. The maximum Gasteiger partial charge on any atom is 0.243 e. The highest BCUT2D eigenvalue weighted by Gasteiger charge is 2.34. The van der Waals surface area contributed by atoms with Crippen LogP contribution in [0.2, 0.25) is 0 Å². The zero-order chi connectivity index (χ0) is 31.1. The van der Waals surface area contributed by atoms with Gasteiger partial charge in [0.1, 0.15) is 21.8 Å². The molecule has 2 amide bonds. The van der Waals surface area contributed by atoms with Crippen LogP contribution in [0.25, 0.3) is 0 Å². The van der Waals surface area contributed by atoms with Crippen molar-refractivity contribution in [3.05, 3.63) is 54.1 Å². The first-order valence-electron chi connectivity index (χ1n) is 13.1. The van der Waals surface area contributed by atoms with Crippen LogP contribution < -0.4 is 20.1 Å². The molecule has 1 aliphatic rings. The van der Waals surface area contributed by atoms with Crippen LogP contribution in [0.3, 0.4) is 0 Å². The van der Waals surface area contributed by atoms with Crippen molar-refractivity contribution in [3.63, 3.8) is 0 Å². The summed E-state index contributed by atoms with van der Waals surface area (Å²) >= 11 is 5.55. The summed E-state index contributed by atoms with van der Waals surface area (Å²) in [4.78, 5) is 25.1. The number of fused-ring (bicyclic) bond motifs is 1. The number of halogens is 1. The Bertz CT molecular complexity index is 1450. The first-order valence-corrected chi connectivity index (χ1v) is 17.2. The summed E-state index contributed by atoms with van der Waals surface area (Å²) in [5.41, 5.74) is 0.723. The number of sulfone groups is 1. The molecule has 3 N–H and O–H groups in total. The summed E-state index contributed by atoms with van der Waals surface area (Å²) in [5.74, 6) is -2.23. The summed E-state index contributed by atoms with van der Waals surface area (Å²) in [6.45, 7) is 3.29. The van der Waals surface area contributed by atoms with Gasteiger partial charge < -0.3 is 25.2 Å². The van der Waals surface area contributed by atoms with Gasteiger partial charge in [0.05, 0.1) is 22.8 Å². The molecule has 3 rings (SSSR count). The van der Waals surface area contributed by atoms with Gasteiger partial charge in [-0.25, -0.2) is 16.8 Å². The van der Waals surface area contributed by atoms with E-state index in [1.54, 1.807) is 30.3 Å². The minimum atomic E-state index is -4.13. The largest absolute Gasteiger partial charge is 0.454 e. The number of carbonyl (C=O) groups is 2. The van der Waals surface area contributed by atoms with E-state index in [-0.39, 0.29) is 36.3 Å². The Morgan fingerprint density at radius 3 is 2.29 bits per heavy atom. The molecule has 15 heteroatoms. The standard InChI is InChI=1S/C27H36ClN3O9S2/c1-18(2)14-31(42(37,38)20-9-10-24-25(12-20)40-17-39-24)15-23(32)21(11-19-7-5-4-6-8-19)30-27(34)22(16-41(3,35)36)29-26(33)13-28/h4-10,12,18,21-23,32H,11,13-17H2,1-3H3,(H,29,33)(H,30,34). The number of aliphatic hydroxyl groups excluding tert-OH is 1. The molecule has 1 heterocycles. The van der Waals surface area contributed by atoms with Crippen LogP contribution in [0, 0.1) is 5.92 Å². The monoisotopic (exact) mass is 645 g/mol. The van der Waals surface area contributed by atoms with Gasteiger partial charge in [-0.3, -0.25) is 9.59 Å². The molecule has 0 saturated carbocycles. The highest BCUT2D eigenvalue weighted by atomic mass is 35.5. The number of sulfonamides is 1. The number of benzene rings is 2. The van der Waals surface area contributed by atoms with Gasteiger partial charge in [-0.1, -0.05) is 44.2 Å². The lowest BCUT2D eigenvalue weighted by Crippen LogP contribution is -2.57. The maximum atomic E-state index is 13.7. The quantitative estimate of drug-likeness (QED) is 0.239. The molecule has 0 bridgehead atoms. The van der Waals surface area contributed by atoms with E-state index in [9.17, 15) is 31.5 Å². The van der Waals surface area contributed by atoms with Crippen LogP contribution in [-0.4, -0.2) is 94.0 Å². The lowest BCUT2D eigenvalue weighted by molar-refractivity contribution is -0.128. The molecule has 232 valence electrons. The second-order valence-corrected chi connectivity index (χ2v) is 14.8. The molecule has 0 aliphatic carbocycles. The molecule has 42 heavy (non-hydrogen) atoms. The van der Waals surface area contributed by atoms with Crippen LogP contribution in [0.4, 0.5) is 0 Å². The fourth-order valence-electron chi connectivity index (χ4n) is 4.35. The Morgan fingerprint density at radius 2 is 1.67 bits per heavy atom. The number of nitrogens with one attached hydrogen (secondary N) is 2. The molecule has 0 aromatic heterocycles. The number of ether oxygens (including phenoxy) is 2. The number of alkyl halides is 1. The molecule has 2 aromatic carbocycles. The van der Waals surface area contributed by atoms with E-state index in [2.05, 4.69) is 10.6 Å². The van der Waals surface area contributed by atoms with E-state index >= 15 is 0 Å². The normalized spacial score (nSPS) is 15.3. The van der Waals surface area contributed by atoms with Gasteiger partial charge >= 0.3 is 0 Å². The van der Waals surface area contributed by atoms with Crippen LogP contribution in [0.5, 0.6) is 11.5 Å². The third-order valence-electron chi connectivity index (χ3n) is 6.27. The minimum Gasteiger partial charge on any atom is -0.454 e. The van der Waals surface area contributed by atoms with Crippen molar-refractivity contribution in [1.29, 1.82) is 0 Å². The Morgan fingerprint density at radius 1 is 1.00 bits per heavy atom. The van der Waals surface area contributed by atoms with E-state index in [0.717, 1.165) is 16.1 Å². The van der Waals surface area contributed by atoms with Gasteiger partial charge in [0.2, 0.25) is 28.6 Å². The van der Waals surface area contributed by atoms with E-state index in [1.165, 1.54) is 18.2 Å². The number of hydrogen-bond donors (Lipinski definition) is 3. The van der Waals surface area contributed by atoms with Crippen molar-refractivity contribution >= 4 is 43.3 Å². The molecular formula is C27H36ClN3O9S2. The summed E-state index contributed by atoms with van der Waals surface area (Å²) < 4.78 is 63.2. The van der Waals surface area contributed by atoms with E-state index in [4.69, 9.17) is 21.1 Å². The van der Waals surface area contributed by atoms with Crippen LogP contribution in [0.15, 0.2) is 53.4 Å². The summed E-state index contributed by atoms with van der Waals surface area (Å²) in [5, 5.41) is 16.3. The van der Waals surface area contributed by atoms with Crippen molar-refractivity contribution in [2.75, 3.05) is 37.8 Å². The molecule has 3 unspecified atom stereocenters. The first kappa shape index (κ1) is 33.6. The van der Waals surface area contributed by atoms with Gasteiger partial charge in [-0.2, -0.15) is 4.31 Å². The smallest absolute Gasteiger partial charge is 0.243 e. The van der Waals surface area contributed by atoms with E-state index in [0.29, 0.717) is 5.75 Å². The number of rotatable bonds is 15. The number of hydrogen-bond acceptors (Lipinski definition) is 9. The van der Waals surface area contributed by atoms with Gasteiger partial charge in [0, 0.05) is 25.4 Å². The Hall–Kier alpha value is -2.91. The first-order chi connectivity index (χ1) is 19.7. The fraction of sp³-hybridized carbons (Fsp3) is 0.481. The number of nitrogens with zero attached hydrogens (tertiary/aromatic N) is 1. The van der Waals surface area contributed by atoms with Gasteiger partial charge in [0.25, 0.3) is 0 Å². The van der Waals surface area contributed by atoms with Crippen LogP contribution in [0.1, 0.15) is 19.4 Å². The maximum absolute atomic E-state index is 13.7. The lowest BCUT2D eigenvalue weighted by Gasteiger charge is -2.31. The second kappa shape index (κ2) is 14.5. The van der Waals surface area contributed by atoms with E-state index in [1.807, 2.05) is 13.8 Å². The van der Waals surface area contributed by atoms with Crippen molar-refractivity contribution < 1.29 is 41.0 Å². The van der Waals surface area contributed by atoms with Gasteiger partial charge in [0.15, 0.2) is 11.5 Å². The summed E-state index contributed by atoms with van der Waals surface area (Å²) in [6.07, 6.45) is -0.428. The topological polar surface area (TPSA) is 168 Å². The predicted octanol–water partition coefficient (Wildman–Crippen LogP) is 0.919. The highest BCUT2D eigenvalue weighted by molar-refractivity contribution is 7.90. The van der Waals surface area contributed by atoms with E-state index < -0.39 is 68.0 Å². The Kier molecular flexibility index (Phi) is 11.6. The van der Waals surface area contributed by atoms with Crippen molar-refractivity contribution in [3.8, 4) is 11.5 Å². The zero-order valence-corrected chi connectivity index (χ0v) is 25.9. The third kappa shape index (κ3) is 9.56. The zero-order valence-electron chi connectivity index (χ0n) is 23.5. The minimum absolute atomic E-state index is 0.0280. The van der Waals surface area contributed by atoms with Crippen molar-refractivity contribution in [1.82, 2.24) is 14.9 Å². The predicted molar refractivity (Wildman–Crippen MR) is 157 cm³/mol. The third-order valence-corrected chi connectivity index (χ3v) is 9.28. The Balaban J connectivity index is 1.91. The molecule has 1 aliphatic heterocycles. The molecule has 2 aromatic rings. The highest BCUT2D eigenvalue weighted by Crippen LogP contribution is 2.34. The number of aliphatic hydroxyl groups is 1. The van der Waals surface area contributed by atoms with Crippen molar-refractivity contribution in [2.45, 2.75) is 43.4 Å².